The highest BCUT2D eigenvalue weighted by Crippen LogP contribution is 2.30. The fourth-order valence-electron chi connectivity index (χ4n) is 3.50. The zero-order valence-electron chi connectivity index (χ0n) is 20.0. The average molecular weight is 510 g/mol. The molecule has 1 atom stereocenters. The second kappa shape index (κ2) is 12.6. The van der Waals surface area contributed by atoms with Crippen molar-refractivity contribution in [2.45, 2.75) is 39.3 Å². The van der Waals surface area contributed by atoms with Crippen LogP contribution < -0.4 is 14.4 Å². The number of carbonyl (C=O) groups excluding carboxylic acids is 2. The van der Waals surface area contributed by atoms with Crippen molar-refractivity contribution >= 4 is 39.1 Å². The van der Waals surface area contributed by atoms with Gasteiger partial charge in [0, 0.05) is 26.1 Å². The predicted molar refractivity (Wildman–Crippen MR) is 135 cm³/mol. The molecule has 34 heavy (non-hydrogen) atoms. The van der Waals surface area contributed by atoms with Gasteiger partial charge < -0.3 is 15.0 Å². The number of benzene rings is 2. The van der Waals surface area contributed by atoms with E-state index in [1.165, 1.54) is 22.4 Å². The molecule has 0 aliphatic rings. The van der Waals surface area contributed by atoms with Gasteiger partial charge in [0.25, 0.3) is 0 Å². The number of amides is 2. The SMILES string of the molecule is CCNC(=O)[C@@H](C)N(Cc1ccccc1)C(=O)CCCN(c1ccc(OC)c(Cl)c1)S(C)(=O)=O. The normalized spacial score (nSPS) is 12.0. The maximum Gasteiger partial charge on any atom is 0.242 e. The molecule has 2 aromatic carbocycles. The van der Waals surface area contributed by atoms with Gasteiger partial charge in [-0.15, -0.1) is 0 Å². The fourth-order valence-corrected chi connectivity index (χ4v) is 4.71. The molecule has 0 aliphatic carbocycles. The van der Waals surface area contributed by atoms with Crippen molar-refractivity contribution in [2.75, 3.05) is 30.8 Å². The Kier molecular flexibility index (Phi) is 10.2. The molecule has 0 saturated carbocycles. The van der Waals surface area contributed by atoms with Crippen molar-refractivity contribution in [1.82, 2.24) is 10.2 Å². The molecule has 2 rings (SSSR count). The van der Waals surface area contributed by atoms with Crippen molar-refractivity contribution in [1.29, 1.82) is 0 Å². The Morgan fingerprint density at radius 3 is 2.38 bits per heavy atom. The molecular weight excluding hydrogens is 478 g/mol. The molecule has 8 nitrogen and oxygen atoms in total. The van der Waals surface area contributed by atoms with E-state index >= 15 is 0 Å². The van der Waals surface area contributed by atoms with Gasteiger partial charge in [0.05, 0.1) is 24.1 Å². The molecule has 0 saturated heterocycles. The Hall–Kier alpha value is -2.78. The largest absolute Gasteiger partial charge is 0.495 e. The minimum atomic E-state index is -3.61. The maximum absolute atomic E-state index is 13.1. The zero-order valence-corrected chi connectivity index (χ0v) is 21.5. The van der Waals surface area contributed by atoms with E-state index in [9.17, 15) is 18.0 Å². The Morgan fingerprint density at radius 2 is 1.82 bits per heavy atom. The van der Waals surface area contributed by atoms with Crippen LogP contribution in [0.1, 0.15) is 32.3 Å². The number of anilines is 1. The number of methoxy groups -OCH3 is 1. The second-order valence-electron chi connectivity index (χ2n) is 7.84. The monoisotopic (exact) mass is 509 g/mol. The van der Waals surface area contributed by atoms with E-state index in [0.717, 1.165) is 11.8 Å². The van der Waals surface area contributed by atoms with Crippen molar-refractivity contribution in [2.24, 2.45) is 0 Å². The molecule has 10 heteroatoms. The summed E-state index contributed by atoms with van der Waals surface area (Å²) in [5.74, 6) is -0.0359. The number of nitrogens with one attached hydrogen (secondary N) is 1. The molecule has 0 unspecified atom stereocenters. The van der Waals surface area contributed by atoms with Gasteiger partial charge in [-0.05, 0) is 44.0 Å². The van der Waals surface area contributed by atoms with Crippen molar-refractivity contribution in [3.05, 3.63) is 59.1 Å². The van der Waals surface area contributed by atoms with E-state index in [1.54, 1.807) is 19.1 Å². The first-order chi connectivity index (χ1) is 16.1. The van der Waals surface area contributed by atoms with E-state index in [1.807, 2.05) is 37.3 Å². The first-order valence-electron chi connectivity index (χ1n) is 11.0. The smallest absolute Gasteiger partial charge is 0.242 e. The highest BCUT2D eigenvalue weighted by Gasteiger charge is 2.26. The third kappa shape index (κ3) is 7.63. The fraction of sp³-hybridized carbons (Fsp3) is 0.417. The number of nitrogens with zero attached hydrogens (tertiary/aromatic N) is 2. The summed E-state index contributed by atoms with van der Waals surface area (Å²) in [5.41, 5.74) is 1.29. The highest BCUT2D eigenvalue weighted by molar-refractivity contribution is 7.92. The third-order valence-electron chi connectivity index (χ3n) is 5.29. The van der Waals surface area contributed by atoms with Gasteiger partial charge in [0.1, 0.15) is 11.8 Å². The molecule has 1 N–H and O–H groups in total. The van der Waals surface area contributed by atoms with E-state index in [0.29, 0.717) is 18.0 Å². The quantitative estimate of drug-likeness (QED) is 0.472. The van der Waals surface area contributed by atoms with Crippen LogP contribution in [0.25, 0.3) is 0 Å². The third-order valence-corrected chi connectivity index (χ3v) is 6.78. The van der Waals surface area contributed by atoms with Gasteiger partial charge in [-0.25, -0.2) is 8.42 Å². The number of sulfonamides is 1. The molecule has 2 aromatic rings. The average Bonchev–Trinajstić information content (AvgIpc) is 2.79. The van der Waals surface area contributed by atoms with Crippen LogP contribution in [0.3, 0.4) is 0 Å². The summed E-state index contributed by atoms with van der Waals surface area (Å²) >= 11 is 6.17. The van der Waals surface area contributed by atoms with E-state index in [2.05, 4.69) is 5.32 Å². The van der Waals surface area contributed by atoms with E-state index in [-0.39, 0.29) is 42.8 Å². The Balaban J connectivity index is 2.15. The van der Waals surface area contributed by atoms with Crippen LogP contribution in [0, 0.1) is 0 Å². The predicted octanol–water partition coefficient (Wildman–Crippen LogP) is 3.45. The molecular formula is C24H32ClN3O5S. The minimum Gasteiger partial charge on any atom is -0.495 e. The van der Waals surface area contributed by atoms with Gasteiger partial charge in [0.15, 0.2) is 0 Å². The van der Waals surface area contributed by atoms with Crippen molar-refractivity contribution < 1.29 is 22.7 Å². The molecule has 0 aromatic heterocycles. The van der Waals surface area contributed by atoms with Gasteiger partial charge in [-0.1, -0.05) is 41.9 Å². The van der Waals surface area contributed by atoms with Crippen LogP contribution in [0.2, 0.25) is 5.02 Å². The number of carbonyl (C=O) groups is 2. The van der Waals surface area contributed by atoms with E-state index in [4.69, 9.17) is 16.3 Å². The Bertz CT molecular complexity index is 1080. The van der Waals surface area contributed by atoms with E-state index < -0.39 is 16.1 Å². The number of rotatable bonds is 12. The Morgan fingerprint density at radius 1 is 1.15 bits per heavy atom. The summed E-state index contributed by atoms with van der Waals surface area (Å²) < 4.78 is 31.2. The topological polar surface area (TPSA) is 96.0 Å². The number of hydrogen-bond acceptors (Lipinski definition) is 5. The zero-order chi connectivity index (χ0) is 25.3. The van der Waals surface area contributed by atoms with Crippen LogP contribution in [-0.4, -0.2) is 57.6 Å². The number of ether oxygens (including phenoxy) is 1. The first-order valence-corrected chi connectivity index (χ1v) is 13.2. The van der Waals surface area contributed by atoms with Crippen LogP contribution >= 0.6 is 11.6 Å². The molecule has 0 aliphatic heterocycles. The molecule has 0 radical (unpaired) electrons. The van der Waals surface area contributed by atoms with Gasteiger partial charge >= 0.3 is 0 Å². The van der Waals surface area contributed by atoms with Crippen LogP contribution in [0.4, 0.5) is 5.69 Å². The highest BCUT2D eigenvalue weighted by atomic mass is 35.5. The number of hydrogen-bond donors (Lipinski definition) is 1. The first kappa shape index (κ1) is 27.5. The van der Waals surface area contributed by atoms with Crippen molar-refractivity contribution in [3.8, 4) is 5.75 Å². The Labute approximate surface area is 206 Å². The minimum absolute atomic E-state index is 0.0759. The molecule has 0 heterocycles. The summed E-state index contributed by atoms with van der Waals surface area (Å²) in [7, 11) is -2.14. The molecule has 0 fully saturated rings. The van der Waals surface area contributed by atoms with Crippen LogP contribution in [0.15, 0.2) is 48.5 Å². The summed E-state index contributed by atoms with van der Waals surface area (Å²) in [5, 5.41) is 3.04. The summed E-state index contributed by atoms with van der Waals surface area (Å²) in [6.07, 6.45) is 1.45. The molecule has 0 spiro atoms. The summed E-state index contributed by atoms with van der Waals surface area (Å²) in [6, 6.07) is 13.5. The summed E-state index contributed by atoms with van der Waals surface area (Å²) in [4.78, 5) is 27.1. The van der Waals surface area contributed by atoms with Crippen molar-refractivity contribution in [3.63, 3.8) is 0 Å². The second-order valence-corrected chi connectivity index (χ2v) is 10.1. The van der Waals surface area contributed by atoms with Crippen LogP contribution in [0.5, 0.6) is 5.75 Å². The number of likely N-dealkylation sites (N-methyl/N-ethyl adjacent to an activating group) is 1. The lowest BCUT2D eigenvalue weighted by atomic mass is 10.1. The van der Waals surface area contributed by atoms with Crippen LogP contribution in [-0.2, 0) is 26.2 Å². The summed E-state index contributed by atoms with van der Waals surface area (Å²) in [6.45, 7) is 4.33. The van der Waals surface area contributed by atoms with Gasteiger partial charge in [0.2, 0.25) is 21.8 Å². The number of halogens is 1. The molecule has 2 amide bonds. The lowest BCUT2D eigenvalue weighted by Gasteiger charge is -2.29. The lowest BCUT2D eigenvalue weighted by molar-refractivity contribution is -0.140. The molecule has 186 valence electrons. The lowest BCUT2D eigenvalue weighted by Crippen LogP contribution is -2.47. The maximum atomic E-state index is 13.1. The van der Waals surface area contributed by atoms with Gasteiger partial charge in [-0.3, -0.25) is 13.9 Å². The van der Waals surface area contributed by atoms with Gasteiger partial charge in [-0.2, -0.15) is 0 Å². The standard InChI is InChI=1S/C24H32ClN3O5S/c1-5-26-24(30)18(2)27(17-19-10-7-6-8-11-19)23(29)12-9-15-28(34(4,31)32)20-13-14-22(33-3)21(25)16-20/h6-8,10-11,13-14,16,18H,5,9,12,15,17H2,1-4H3,(H,26,30)/t18-/m1/s1. The molecule has 0 bridgehead atoms.